The normalized spacial score (nSPS) is 17.8. The quantitative estimate of drug-likeness (QED) is 0.742. The van der Waals surface area contributed by atoms with E-state index in [1.54, 1.807) is 6.07 Å². The number of hydrogen-bond donors (Lipinski definition) is 2. The molecular weight excluding hydrogens is 182 g/mol. The molecule has 1 unspecified atom stereocenters. The second kappa shape index (κ2) is 3.79. The topological polar surface area (TPSA) is 81.2 Å². The summed E-state index contributed by atoms with van der Waals surface area (Å²) in [6, 6.07) is 1.59. The second-order valence-corrected chi connectivity index (χ2v) is 3.64. The van der Waals surface area contributed by atoms with Gasteiger partial charge in [0.25, 0.3) is 0 Å². The van der Waals surface area contributed by atoms with Gasteiger partial charge in [-0.2, -0.15) is 0 Å². The molecule has 14 heavy (non-hydrogen) atoms. The number of anilines is 1. The summed E-state index contributed by atoms with van der Waals surface area (Å²) in [7, 11) is 0. The Morgan fingerprint density at radius 3 is 3.14 bits per heavy atom. The zero-order valence-corrected chi connectivity index (χ0v) is 7.77. The molecule has 1 saturated carbocycles. The maximum absolute atomic E-state index is 11.4. The molecule has 0 saturated heterocycles. The lowest BCUT2D eigenvalue weighted by molar-refractivity contribution is -0.116. The highest BCUT2D eigenvalue weighted by Gasteiger charge is 2.29. The fourth-order valence-corrected chi connectivity index (χ4v) is 1.38. The first-order valence-corrected chi connectivity index (χ1v) is 4.71. The number of hydrogen-bond acceptors (Lipinski definition) is 4. The average Bonchev–Trinajstić information content (AvgIpc) is 2.87. The monoisotopic (exact) mass is 195 g/mol. The standard InChI is InChI=1S/C9H13N3O2/c10-7(6-1-2-6)5-9(13)11-8-3-4-14-12-8/h3-4,6-7H,1-2,5,10H2,(H,11,12,13). The fraction of sp³-hybridized carbons (Fsp3) is 0.556. The minimum absolute atomic E-state index is 0.0121. The van der Waals surface area contributed by atoms with E-state index < -0.39 is 0 Å². The largest absolute Gasteiger partial charge is 0.363 e. The van der Waals surface area contributed by atoms with Crippen molar-refractivity contribution in [1.82, 2.24) is 5.16 Å². The van der Waals surface area contributed by atoms with Crippen molar-refractivity contribution >= 4 is 11.7 Å². The third kappa shape index (κ3) is 2.32. The van der Waals surface area contributed by atoms with Crippen LogP contribution in [0.4, 0.5) is 5.82 Å². The number of nitrogens with two attached hydrogens (primary N) is 1. The molecule has 0 radical (unpaired) electrons. The van der Waals surface area contributed by atoms with E-state index in [9.17, 15) is 4.79 Å². The van der Waals surface area contributed by atoms with E-state index in [0.29, 0.717) is 18.2 Å². The molecular formula is C9H13N3O2. The number of nitrogens with one attached hydrogen (secondary N) is 1. The molecule has 5 nitrogen and oxygen atoms in total. The Morgan fingerprint density at radius 1 is 1.79 bits per heavy atom. The van der Waals surface area contributed by atoms with Gasteiger partial charge in [0.15, 0.2) is 5.82 Å². The van der Waals surface area contributed by atoms with Gasteiger partial charge in [-0.05, 0) is 18.8 Å². The van der Waals surface area contributed by atoms with Crippen LogP contribution in [-0.4, -0.2) is 17.1 Å². The molecule has 3 N–H and O–H groups in total. The highest BCUT2D eigenvalue weighted by atomic mass is 16.5. The number of amides is 1. The van der Waals surface area contributed by atoms with Crippen LogP contribution in [0.1, 0.15) is 19.3 Å². The minimum Gasteiger partial charge on any atom is -0.363 e. The summed E-state index contributed by atoms with van der Waals surface area (Å²) in [5.74, 6) is 0.884. The smallest absolute Gasteiger partial charge is 0.227 e. The maximum Gasteiger partial charge on any atom is 0.227 e. The summed E-state index contributed by atoms with van der Waals surface area (Å²) < 4.78 is 4.58. The highest BCUT2D eigenvalue weighted by molar-refractivity contribution is 5.90. The van der Waals surface area contributed by atoms with Gasteiger partial charge >= 0.3 is 0 Å². The zero-order valence-electron chi connectivity index (χ0n) is 7.77. The van der Waals surface area contributed by atoms with Gasteiger partial charge in [-0.1, -0.05) is 5.16 Å². The summed E-state index contributed by atoms with van der Waals surface area (Å²) in [6.45, 7) is 0. The molecule has 1 heterocycles. The number of carbonyl (C=O) groups excluding carboxylic acids is 1. The Morgan fingerprint density at radius 2 is 2.57 bits per heavy atom. The predicted molar refractivity (Wildman–Crippen MR) is 50.4 cm³/mol. The summed E-state index contributed by atoms with van der Waals surface area (Å²) in [5.41, 5.74) is 5.80. The van der Waals surface area contributed by atoms with Crippen molar-refractivity contribution in [2.75, 3.05) is 5.32 Å². The highest BCUT2D eigenvalue weighted by Crippen LogP contribution is 2.32. The first-order chi connectivity index (χ1) is 6.75. The molecule has 76 valence electrons. The van der Waals surface area contributed by atoms with Gasteiger partial charge in [0, 0.05) is 18.5 Å². The van der Waals surface area contributed by atoms with Crippen LogP contribution in [0.15, 0.2) is 16.9 Å². The Balaban J connectivity index is 1.78. The van der Waals surface area contributed by atoms with Crippen LogP contribution in [0.3, 0.4) is 0 Å². The lowest BCUT2D eigenvalue weighted by Gasteiger charge is -2.08. The van der Waals surface area contributed by atoms with E-state index in [-0.39, 0.29) is 11.9 Å². The van der Waals surface area contributed by atoms with Crippen molar-refractivity contribution in [3.63, 3.8) is 0 Å². The third-order valence-corrected chi connectivity index (χ3v) is 2.35. The molecule has 1 aromatic rings. The van der Waals surface area contributed by atoms with Gasteiger partial charge in [-0.3, -0.25) is 4.79 Å². The van der Waals surface area contributed by atoms with E-state index in [1.165, 1.54) is 6.26 Å². The fourth-order valence-electron chi connectivity index (χ4n) is 1.38. The maximum atomic E-state index is 11.4. The number of nitrogens with zero attached hydrogens (tertiary/aromatic N) is 1. The lowest BCUT2D eigenvalue weighted by atomic mass is 10.1. The molecule has 0 aromatic carbocycles. The van der Waals surface area contributed by atoms with Crippen molar-refractivity contribution in [2.45, 2.75) is 25.3 Å². The van der Waals surface area contributed by atoms with Crippen molar-refractivity contribution in [1.29, 1.82) is 0 Å². The number of aromatic nitrogens is 1. The van der Waals surface area contributed by atoms with Crippen molar-refractivity contribution < 1.29 is 9.32 Å². The van der Waals surface area contributed by atoms with Crippen LogP contribution < -0.4 is 11.1 Å². The lowest BCUT2D eigenvalue weighted by Crippen LogP contribution is -2.28. The van der Waals surface area contributed by atoms with Gasteiger partial charge in [0.2, 0.25) is 5.91 Å². The molecule has 1 fully saturated rings. The number of carbonyl (C=O) groups is 1. The van der Waals surface area contributed by atoms with E-state index in [1.807, 2.05) is 0 Å². The van der Waals surface area contributed by atoms with Gasteiger partial charge in [0.05, 0.1) is 0 Å². The Bertz CT molecular complexity index is 306. The molecule has 5 heteroatoms. The van der Waals surface area contributed by atoms with Gasteiger partial charge in [-0.15, -0.1) is 0 Å². The van der Waals surface area contributed by atoms with Crippen LogP contribution in [-0.2, 0) is 4.79 Å². The summed E-state index contributed by atoms with van der Waals surface area (Å²) in [6.07, 6.45) is 4.07. The Hall–Kier alpha value is -1.36. The summed E-state index contributed by atoms with van der Waals surface area (Å²) in [5, 5.41) is 6.19. The van der Waals surface area contributed by atoms with Crippen molar-refractivity contribution in [2.24, 2.45) is 11.7 Å². The van der Waals surface area contributed by atoms with Crippen LogP contribution in [0.5, 0.6) is 0 Å². The average molecular weight is 195 g/mol. The summed E-state index contributed by atoms with van der Waals surface area (Å²) >= 11 is 0. The predicted octanol–water partition coefficient (Wildman–Crippen LogP) is 0.740. The SMILES string of the molecule is NC(CC(=O)Nc1ccon1)C1CC1. The van der Waals surface area contributed by atoms with E-state index in [2.05, 4.69) is 15.0 Å². The van der Waals surface area contributed by atoms with Gasteiger partial charge in [0.1, 0.15) is 6.26 Å². The van der Waals surface area contributed by atoms with Crippen LogP contribution in [0, 0.1) is 5.92 Å². The molecule has 1 aliphatic rings. The molecule has 0 bridgehead atoms. The Labute approximate surface area is 81.6 Å². The van der Waals surface area contributed by atoms with E-state index >= 15 is 0 Å². The molecule has 0 aliphatic heterocycles. The zero-order chi connectivity index (χ0) is 9.97. The molecule has 0 spiro atoms. The second-order valence-electron chi connectivity index (χ2n) is 3.64. The van der Waals surface area contributed by atoms with E-state index in [0.717, 1.165) is 12.8 Å². The van der Waals surface area contributed by atoms with Crippen molar-refractivity contribution in [3.8, 4) is 0 Å². The van der Waals surface area contributed by atoms with E-state index in [4.69, 9.17) is 5.73 Å². The first-order valence-electron chi connectivity index (χ1n) is 4.71. The van der Waals surface area contributed by atoms with Crippen LogP contribution in [0.2, 0.25) is 0 Å². The third-order valence-electron chi connectivity index (χ3n) is 2.35. The molecule has 1 aliphatic carbocycles. The molecule has 1 aromatic heterocycles. The Kier molecular flexibility index (Phi) is 2.49. The molecule has 1 atom stereocenters. The number of rotatable bonds is 4. The van der Waals surface area contributed by atoms with Crippen LogP contribution in [0.25, 0.3) is 0 Å². The van der Waals surface area contributed by atoms with Gasteiger partial charge < -0.3 is 15.6 Å². The van der Waals surface area contributed by atoms with Gasteiger partial charge in [-0.25, -0.2) is 0 Å². The summed E-state index contributed by atoms with van der Waals surface area (Å²) in [4.78, 5) is 11.4. The first kappa shape index (κ1) is 9.21. The molecule has 1 amide bonds. The minimum atomic E-state index is -0.0988. The van der Waals surface area contributed by atoms with Crippen LogP contribution >= 0.6 is 0 Å². The van der Waals surface area contributed by atoms with Crippen molar-refractivity contribution in [3.05, 3.63) is 12.3 Å². The molecule has 2 rings (SSSR count).